The Kier molecular flexibility index (Phi) is 4.21. The van der Waals surface area contributed by atoms with E-state index >= 15 is 0 Å². The lowest BCUT2D eigenvalue weighted by Crippen LogP contribution is -2.23. The third-order valence-electron chi connectivity index (χ3n) is 2.38. The molecule has 1 rings (SSSR count). The Bertz CT molecular complexity index is 363. The average molecular weight is 252 g/mol. The molecule has 16 heavy (non-hydrogen) atoms. The van der Waals surface area contributed by atoms with Gasteiger partial charge in [0.05, 0.1) is 5.56 Å². The van der Waals surface area contributed by atoms with Crippen LogP contribution < -0.4 is 5.73 Å². The van der Waals surface area contributed by atoms with Crippen molar-refractivity contribution in [2.24, 2.45) is 5.73 Å². The first-order valence-electron chi connectivity index (χ1n) is 4.95. The minimum absolute atomic E-state index is 0.161. The molecule has 0 fully saturated rings. The first-order chi connectivity index (χ1) is 7.34. The van der Waals surface area contributed by atoms with Crippen molar-refractivity contribution in [1.82, 2.24) is 0 Å². The molecule has 0 radical (unpaired) electrons. The molecule has 0 aliphatic heterocycles. The summed E-state index contributed by atoms with van der Waals surface area (Å²) in [6.07, 6.45) is -3.54. The number of hydrogen-bond acceptors (Lipinski definition) is 1. The topological polar surface area (TPSA) is 26.0 Å². The minimum atomic E-state index is -4.35. The molecule has 5 heteroatoms. The largest absolute Gasteiger partial charge is 0.416 e. The van der Waals surface area contributed by atoms with Crippen molar-refractivity contribution in [2.45, 2.75) is 32.0 Å². The maximum atomic E-state index is 12.7. The zero-order valence-corrected chi connectivity index (χ0v) is 9.57. The standard InChI is InChI=1S/C11H13ClF3N/c1-2-9(16)6-7-5-8(12)3-4-10(7)11(13,14)15/h3-5,9H,2,6,16H2,1H3. The summed E-state index contributed by atoms with van der Waals surface area (Å²) >= 11 is 5.69. The molecule has 1 aromatic rings. The normalized spacial score (nSPS) is 13.9. The van der Waals surface area contributed by atoms with Gasteiger partial charge >= 0.3 is 6.18 Å². The van der Waals surface area contributed by atoms with E-state index in [2.05, 4.69) is 0 Å². The van der Waals surface area contributed by atoms with Crippen molar-refractivity contribution < 1.29 is 13.2 Å². The van der Waals surface area contributed by atoms with Crippen LogP contribution in [0.15, 0.2) is 18.2 Å². The van der Waals surface area contributed by atoms with Crippen molar-refractivity contribution in [3.63, 3.8) is 0 Å². The second-order valence-electron chi connectivity index (χ2n) is 3.67. The maximum Gasteiger partial charge on any atom is 0.416 e. The Morgan fingerprint density at radius 1 is 1.38 bits per heavy atom. The summed E-state index contributed by atoms with van der Waals surface area (Å²) in [5.74, 6) is 0. The van der Waals surface area contributed by atoms with Crippen molar-refractivity contribution in [2.75, 3.05) is 0 Å². The van der Waals surface area contributed by atoms with Gasteiger partial charge in [-0.25, -0.2) is 0 Å². The quantitative estimate of drug-likeness (QED) is 0.872. The molecule has 1 nitrogen and oxygen atoms in total. The van der Waals surface area contributed by atoms with Crippen LogP contribution >= 0.6 is 11.6 Å². The molecule has 0 heterocycles. The van der Waals surface area contributed by atoms with Crippen molar-refractivity contribution in [1.29, 1.82) is 0 Å². The van der Waals surface area contributed by atoms with E-state index in [9.17, 15) is 13.2 Å². The lowest BCUT2D eigenvalue weighted by molar-refractivity contribution is -0.138. The Balaban J connectivity index is 3.09. The van der Waals surface area contributed by atoms with Gasteiger partial charge in [0.25, 0.3) is 0 Å². The molecule has 1 unspecified atom stereocenters. The fraction of sp³-hybridized carbons (Fsp3) is 0.455. The molecule has 0 aliphatic carbocycles. The molecule has 0 saturated heterocycles. The van der Waals surface area contributed by atoms with Crippen molar-refractivity contribution in [3.05, 3.63) is 34.3 Å². The van der Waals surface area contributed by atoms with E-state index in [0.29, 0.717) is 11.4 Å². The lowest BCUT2D eigenvalue weighted by Gasteiger charge is -2.15. The first-order valence-corrected chi connectivity index (χ1v) is 5.33. The van der Waals surface area contributed by atoms with Gasteiger partial charge in [0.2, 0.25) is 0 Å². The minimum Gasteiger partial charge on any atom is -0.327 e. The zero-order chi connectivity index (χ0) is 12.3. The Morgan fingerprint density at radius 2 is 2.00 bits per heavy atom. The van der Waals surface area contributed by atoms with E-state index in [0.717, 1.165) is 6.07 Å². The number of hydrogen-bond donors (Lipinski definition) is 1. The van der Waals surface area contributed by atoms with Gasteiger partial charge in [0.15, 0.2) is 0 Å². The molecular weight excluding hydrogens is 239 g/mol. The summed E-state index contributed by atoms with van der Waals surface area (Å²) in [5.41, 5.74) is 5.17. The summed E-state index contributed by atoms with van der Waals surface area (Å²) < 4.78 is 38.0. The van der Waals surface area contributed by atoms with E-state index in [1.54, 1.807) is 0 Å². The summed E-state index contributed by atoms with van der Waals surface area (Å²) in [6, 6.07) is 3.30. The second kappa shape index (κ2) is 5.06. The SMILES string of the molecule is CCC(N)Cc1cc(Cl)ccc1C(F)(F)F. The number of alkyl halides is 3. The van der Waals surface area contributed by atoms with Crippen molar-refractivity contribution in [3.8, 4) is 0 Å². The molecule has 0 aromatic heterocycles. The molecule has 1 aromatic carbocycles. The maximum absolute atomic E-state index is 12.7. The molecule has 0 saturated carbocycles. The monoisotopic (exact) mass is 251 g/mol. The Hall–Kier alpha value is -0.740. The summed E-state index contributed by atoms with van der Waals surface area (Å²) in [6.45, 7) is 1.84. The Morgan fingerprint density at radius 3 is 2.50 bits per heavy atom. The molecule has 0 bridgehead atoms. The van der Waals surface area contributed by atoms with E-state index in [-0.39, 0.29) is 18.0 Å². The van der Waals surface area contributed by atoms with Crippen LogP contribution in [-0.2, 0) is 12.6 Å². The molecule has 90 valence electrons. The van der Waals surface area contributed by atoms with Crippen LogP contribution in [0, 0.1) is 0 Å². The number of rotatable bonds is 3. The van der Waals surface area contributed by atoms with Gasteiger partial charge in [0.1, 0.15) is 0 Å². The van der Waals surface area contributed by atoms with Gasteiger partial charge in [-0.05, 0) is 36.6 Å². The van der Waals surface area contributed by atoms with E-state index in [1.807, 2.05) is 6.92 Å². The van der Waals surface area contributed by atoms with Crippen LogP contribution in [0.5, 0.6) is 0 Å². The van der Waals surface area contributed by atoms with Crippen LogP contribution in [0.25, 0.3) is 0 Å². The number of benzene rings is 1. The zero-order valence-electron chi connectivity index (χ0n) is 8.81. The summed E-state index contributed by atoms with van der Waals surface area (Å²) in [5, 5.41) is 0.298. The molecule has 0 amide bonds. The lowest BCUT2D eigenvalue weighted by atomic mass is 9.99. The van der Waals surface area contributed by atoms with E-state index in [4.69, 9.17) is 17.3 Å². The van der Waals surface area contributed by atoms with Crippen LogP contribution in [0.1, 0.15) is 24.5 Å². The molecular formula is C11H13ClF3N. The predicted molar refractivity (Wildman–Crippen MR) is 58.4 cm³/mol. The van der Waals surface area contributed by atoms with E-state index in [1.165, 1.54) is 12.1 Å². The van der Waals surface area contributed by atoms with E-state index < -0.39 is 11.7 Å². The smallest absolute Gasteiger partial charge is 0.327 e. The second-order valence-corrected chi connectivity index (χ2v) is 4.11. The molecule has 2 N–H and O–H groups in total. The van der Waals surface area contributed by atoms with Gasteiger partial charge in [-0.15, -0.1) is 0 Å². The first kappa shape index (κ1) is 13.3. The third kappa shape index (κ3) is 3.39. The average Bonchev–Trinajstić information content (AvgIpc) is 2.15. The van der Waals surface area contributed by atoms with Gasteiger partial charge in [-0.1, -0.05) is 18.5 Å². The Labute approximate surface area is 97.4 Å². The fourth-order valence-electron chi connectivity index (χ4n) is 1.43. The van der Waals surface area contributed by atoms with Gasteiger partial charge in [-0.2, -0.15) is 13.2 Å². The van der Waals surface area contributed by atoms with Gasteiger partial charge < -0.3 is 5.73 Å². The highest BCUT2D eigenvalue weighted by molar-refractivity contribution is 6.30. The highest BCUT2D eigenvalue weighted by Gasteiger charge is 2.33. The summed E-state index contributed by atoms with van der Waals surface area (Å²) in [7, 11) is 0. The highest BCUT2D eigenvalue weighted by atomic mass is 35.5. The van der Waals surface area contributed by atoms with Crippen LogP contribution in [0.2, 0.25) is 5.02 Å². The molecule has 1 atom stereocenters. The molecule has 0 spiro atoms. The fourth-order valence-corrected chi connectivity index (χ4v) is 1.63. The number of halogens is 4. The van der Waals surface area contributed by atoms with Crippen LogP contribution in [0.4, 0.5) is 13.2 Å². The van der Waals surface area contributed by atoms with Crippen LogP contribution in [-0.4, -0.2) is 6.04 Å². The predicted octanol–water partition coefficient (Wildman–Crippen LogP) is 3.64. The summed E-state index contributed by atoms with van der Waals surface area (Å²) in [4.78, 5) is 0. The van der Waals surface area contributed by atoms with Crippen molar-refractivity contribution >= 4 is 11.6 Å². The highest BCUT2D eigenvalue weighted by Crippen LogP contribution is 2.33. The number of nitrogens with two attached hydrogens (primary N) is 1. The molecule has 0 aliphatic rings. The van der Waals surface area contributed by atoms with Crippen LogP contribution in [0.3, 0.4) is 0 Å². The van der Waals surface area contributed by atoms with Gasteiger partial charge in [-0.3, -0.25) is 0 Å². The third-order valence-corrected chi connectivity index (χ3v) is 2.61. The van der Waals surface area contributed by atoms with Gasteiger partial charge in [0, 0.05) is 11.1 Å².